The molecule has 3 rings (SSSR count). The molecule has 0 bridgehead atoms. The van der Waals surface area contributed by atoms with Crippen LogP contribution >= 0.6 is 0 Å². The standard InChI is InChI=1S/C18H25N3O4/c1-12(13-5-6-15-16(10-13)25-9-8-24-15)20-17(22)11-21-7-3-2-4-14(21)18(19)23/h5-6,10,12,14H,2-4,7-9,11H2,1H3,(H2,19,23)(H,20,22)/t12-,14-/m0/s1. The zero-order valence-corrected chi connectivity index (χ0v) is 14.5. The van der Waals surface area contributed by atoms with Crippen LogP contribution in [0.15, 0.2) is 18.2 Å². The number of ether oxygens (including phenoxy) is 2. The Balaban J connectivity index is 1.59. The number of nitrogens with zero attached hydrogens (tertiary/aromatic N) is 1. The van der Waals surface area contributed by atoms with E-state index in [1.165, 1.54) is 0 Å². The molecule has 3 N–H and O–H groups in total. The van der Waals surface area contributed by atoms with Crippen molar-refractivity contribution in [2.75, 3.05) is 26.3 Å². The van der Waals surface area contributed by atoms with Gasteiger partial charge in [-0.3, -0.25) is 14.5 Å². The molecule has 0 aliphatic carbocycles. The quantitative estimate of drug-likeness (QED) is 0.828. The topological polar surface area (TPSA) is 93.9 Å². The van der Waals surface area contributed by atoms with Crippen molar-refractivity contribution in [2.45, 2.75) is 38.3 Å². The SMILES string of the molecule is C[C@H](NC(=O)CN1CCCC[C@H]1C(N)=O)c1ccc2c(c1)OCCO2. The van der Waals surface area contributed by atoms with Gasteiger partial charge in [0.25, 0.3) is 0 Å². The second-order valence-electron chi connectivity index (χ2n) is 6.58. The van der Waals surface area contributed by atoms with E-state index in [1.54, 1.807) is 0 Å². The lowest BCUT2D eigenvalue weighted by atomic mass is 10.0. The van der Waals surface area contributed by atoms with Gasteiger partial charge >= 0.3 is 0 Å². The minimum absolute atomic E-state index is 0.115. The molecule has 0 saturated carbocycles. The summed E-state index contributed by atoms with van der Waals surface area (Å²) >= 11 is 0. The molecule has 0 unspecified atom stereocenters. The van der Waals surface area contributed by atoms with Gasteiger partial charge in [-0.1, -0.05) is 12.5 Å². The highest BCUT2D eigenvalue weighted by Gasteiger charge is 2.28. The first kappa shape index (κ1) is 17.5. The number of hydrogen-bond acceptors (Lipinski definition) is 5. The Hall–Kier alpha value is -2.28. The summed E-state index contributed by atoms with van der Waals surface area (Å²) in [6.45, 7) is 3.91. The van der Waals surface area contributed by atoms with Crippen LogP contribution in [-0.2, 0) is 9.59 Å². The van der Waals surface area contributed by atoms with E-state index in [9.17, 15) is 9.59 Å². The Labute approximate surface area is 147 Å². The first-order valence-corrected chi connectivity index (χ1v) is 8.77. The molecule has 1 fully saturated rings. The Morgan fingerprint density at radius 1 is 1.28 bits per heavy atom. The Bertz CT molecular complexity index is 649. The molecule has 1 aromatic rings. The van der Waals surface area contributed by atoms with Crippen molar-refractivity contribution in [1.82, 2.24) is 10.2 Å². The van der Waals surface area contributed by atoms with Gasteiger partial charge in [0.1, 0.15) is 13.2 Å². The third-order valence-electron chi connectivity index (χ3n) is 4.73. The average molecular weight is 347 g/mol. The molecule has 0 spiro atoms. The molecule has 1 saturated heterocycles. The molecule has 2 aliphatic heterocycles. The van der Waals surface area contributed by atoms with E-state index in [1.807, 2.05) is 30.0 Å². The zero-order valence-electron chi connectivity index (χ0n) is 14.5. The van der Waals surface area contributed by atoms with Crippen LogP contribution in [0.4, 0.5) is 0 Å². The van der Waals surface area contributed by atoms with Gasteiger partial charge in [0.15, 0.2) is 11.5 Å². The molecule has 25 heavy (non-hydrogen) atoms. The van der Waals surface area contributed by atoms with Crippen LogP contribution in [0.3, 0.4) is 0 Å². The number of hydrogen-bond donors (Lipinski definition) is 2. The molecular weight excluding hydrogens is 322 g/mol. The fourth-order valence-electron chi connectivity index (χ4n) is 3.39. The molecule has 2 heterocycles. The number of piperidine rings is 1. The first-order valence-electron chi connectivity index (χ1n) is 8.77. The molecule has 136 valence electrons. The minimum Gasteiger partial charge on any atom is -0.486 e. The van der Waals surface area contributed by atoms with Gasteiger partial charge in [0, 0.05) is 0 Å². The van der Waals surface area contributed by atoms with Crippen LogP contribution in [-0.4, -0.2) is 49.1 Å². The van der Waals surface area contributed by atoms with Crippen LogP contribution in [0.25, 0.3) is 0 Å². The Morgan fingerprint density at radius 2 is 2.04 bits per heavy atom. The molecule has 2 amide bonds. The number of carbonyl (C=O) groups is 2. The summed E-state index contributed by atoms with van der Waals surface area (Å²) in [7, 11) is 0. The van der Waals surface area contributed by atoms with Crippen molar-refractivity contribution < 1.29 is 19.1 Å². The smallest absolute Gasteiger partial charge is 0.234 e. The summed E-state index contributed by atoms with van der Waals surface area (Å²) < 4.78 is 11.1. The monoisotopic (exact) mass is 347 g/mol. The number of benzene rings is 1. The van der Waals surface area contributed by atoms with Crippen LogP contribution in [0.2, 0.25) is 0 Å². The van der Waals surface area contributed by atoms with Gasteiger partial charge in [-0.25, -0.2) is 0 Å². The largest absolute Gasteiger partial charge is 0.486 e. The van der Waals surface area contributed by atoms with Crippen LogP contribution in [0, 0.1) is 0 Å². The highest BCUT2D eigenvalue weighted by molar-refractivity contribution is 5.82. The number of nitrogens with two attached hydrogens (primary N) is 1. The summed E-state index contributed by atoms with van der Waals surface area (Å²) in [5.74, 6) is 0.962. The summed E-state index contributed by atoms with van der Waals surface area (Å²) in [5, 5.41) is 2.98. The maximum Gasteiger partial charge on any atom is 0.234 e. The Morgan fingerprint density at radius 3 is 2.80 bits per heavy atom. The third kappa shape index (κ3) is 4.22. The molecule has 7 heteroatoms. The summed E-state index contributed by atoms with van der Waals surface area (Å²) in [6.07, 6.45) is 2.68. The van der Waals surface area contributed by atoms with Gasteiger partial charge in [-0.15, -0.1) is 0 Å². The van der Waals surface area contributed by atoms with E-state index in [0.29, 0.717) is 19.0 Å². The molecule has 1 aromatic carbocycles. The molecule has 0 aromatic heterocycles. The average Bonchev–Trinajstić information content (AvgIpc) is 2.61. The number of carbonyl (C=O) groups excluding carboxylic acids is 2. The maximum atomic E-state index is 12.4. The lowest BCUT2D eigenvalue weighted by Crippen LogP contribution is -2.51. The number of fused-ring (bicyclic) bond motifs is 1. The summed E-state index contributed by atoms with van der Waals surface area (Å²) in [5.41, 5.74) is 6.40. The van der Waals surface area contributed by atoms with E-state index < -0.39 is 0 Å². The van der Waals surface area contributed by atoms with Crippen molar-refractivity contribution in [2.24, 2.45) is 5.73 Å². The van der Waals surface area contributed by atoms with Gasteiger partial charge in [0.2, 0.25) is 11.8 Å². The predicted octanol–water partition coefficient (Wildman–Crippen LogP) is 0.975. The second kappa shape index (κ2) is 7.74. The third-order valence-corrected chi connectivity index (χ3v) is 4.73. The number of rotatable bonds is 5. The first-order chi connectivity index (χ1) is 12.0. The molecule has 2 aliphatic rings. The minimum atomic E-state index is -0.354. The van der Waals surface area contributed by atoms with E-state index in [0.717, 1.165) is 37.1 Å². The van der Waals surface area contributed by atoms with Crippen molar-refractivity contribution in [3.63, 3.8) is 0 Å². The molecular formula is C18H25N3O4. The molecule has 7 nitrogen and oxygen atoms in total. The number of amides is 2. The lowest BCUT2D eigenvalue weighted by Gasteiger charge is -2.33. The van der Waals surface area contributed by atoms with Gasteiger partial charge in [-0.2, -0.15) is 0 Å². The zero-order chi connectivity index (χ0) is 17.8. The van der Waals surface area contributed by atoms with Crippen LogP contribution < -0.4 is 20.5 Å². The van der Waals surface area contributed by atoms with Crippen molar-refractivity contribution in [3.05, 3.63) is 23.8 Å². The normalized spacial score (nSPS) is 21.4. The van der Waals surface area contributed by atoms with Gasteiger partial charge < -0.3 is 20.5 Å². The van der Waals surface area contributed by atoms with E-state index in [4.69, 9.17) is 15.2 Å². The fraction of sp³-hybridized carbons (Fsp3) is 0.556. The fourth-order valence-corrected chi connectivity index (χ4v) is 3.39. The highest BCUT2D eigenvalue weighted by Crippen LogP contribution is 2.32. The number of primary amides is 1. The van der Waals surface area contributed by atoms with E-state index >= 15 is 0 Å². The summed E-state index contributed by atoms with van der Waals surface area (Å²) in [6, 6.07) is 5.17. The van der Waals surface area contributed by atoms with E-state index in [2.05, 4.69) is 5.32 Å². The van der Waals surface area contributed by atoms with Crippen molar-refractivity contribution in [1.29, 1.82) is 0 Å². The van der Waals surface area contributed by atoms with Gasteiger partial charge in [0.05, 0.1) is 18.6 Å². The van der Waals surface area contributed by atoms with E-state index in [-0.39, 0.29) is 30.4 Å². The van der Waals surface area contributed by atoms with Gasteiger partial charge in [-0.05, 0) is 44.0 Å². The maximum absolute atomic E-state index is 12.4. The lowest BCUT2D eigenvalue weighted by molar-refractivity contribution is -0.128. The summed E-state index contributed by atoms with van der Waals surface area (Å²) in [4.78, 5) is 25.8. The molecule has 0 radical (unpaired) electrons. The van der Waals surface area contributed by atoms with Crippen LogP contribution in [0.1, 0.15) is 37.8 Å². The second-order valence-corrected chi connectivity index (χ2v) is 6.58. The van der Waals surface area contributed by atoms with Crippen molar-refractivity contribution in [3.8, 4) is 11.5 Å². The Kier molecular flexibility index (Phi) is 5.43. The highest BCUT2D eigenvalue weighted by atomic mass is 16.6. The van der Waals surface area contributed by atoms with Crippen LogP contribution in [0.5, 0.6) is 11.5 Å². The number of likely N-dealkylation sites (tertiary alicyclic amines) is 1. The molecule has 2 atom stereocenters. The number of nitrogens with one attached hydrogen (secondary N) is 1. The van der Waals surface area contributed by atoms with Crippen molar-refractivity contribution >= 4 is 11.8 Å². The predicted molar refractivity (Wildman–Crippen MR) is 92.4 cm³/mol.